The Balaban J connectivity index is 1.48. The third-order valence-electron chi connectivity index (χ3n) is 11.7. The summed E-state index contributed by atoms with van der Waals surface area (Å²) in [6.07, 6.45) is 3.64. The molecule has 0 saturated heterocycles. The lowest BCUT2D eigenvalue weighted by Gasteiger charge is -2.66. The molecule has 0 aliphatic heterocycles. The summed E-state index contributed by atoms with van der Waals surface area (Å²) in [7, 11) is 0. The normalized spacial score (nSPS) is 50.8. The third-order valence-corrected chi connectivity index (χ3v) is 11.7. The van der Waals surface area contributed by atoms with Gasteiger partial charge in [0.2, 0.25) is 0 Å². The topological polar surface area (TPSA) is 40.5 Å². The summed E-state index contributed by atoms with van der Waals surface area (Å²) >= 11 is 0. The highest BCUT2D eigenvalue weighted by atomic mass is 19.4. The third kappa shape index (κ3) is 3.85. The number of aliphatic hydroxyl groups excluding tert-OH is 1. The van der Waals surface area contributed by atoms with Crippen LogP contribution in [0.3, 0.4) is 0 Å². The molecule has 186 valence electrons. The molecule has 2 nitrogen and oxygen atoms in total. The van der Waals surface area contributed by atoms with E-state index in [1.807, 2.05) is 6.92 Å². The molecule has 0 radical (unpaired) electrons. The molecule has 5 heteroatoms. The zero-order chi connectivity index (χ0) is 23.7. The molecular weight excluding hydrogens is 413 g/mol. The van der Waals surface area contributed by atoms with E-state index in [9.17, 15) is 23.4 Å². The van der Waals surface area contributed by atoms with Gasteiger partial charge >= 0.3 is 6.18 Å². The van der Waals surface area contributed by atoms with E-state index < -0.39 is 17.9 Å². The van der Waals surface area contributed by atoms with Crippen molar-refractivity contribution in [3.63, 3.8) is 0 Å². The fourth-order valence-corrected chi connectivity index (χ4v) is 9.70. The first-order valence-corrected chi connectivity index (χ1v) is 13.1. The van der Waals surface area contributed by atoms with Crippen molar-refractivity contribution in [2.24, 2.45) is 45.8 Å². The number of fused-ring (bicyclic) bond motifs is 5. The second-order valence-corrected chi connectivity index (χ2v) is 13.4. The van der Waals surface area contributed by atoms with E-state index in [2.05, 4.69) is 27.7 Å². The summed E-state index contributed by atoms with van der Waals surface area (Å²) in [5.41, 5.74) is 0.149. The van der Waals surface area contributed by atoms with Crippen LogP contribution in [0.15, 0.2) is 0 Å². The number of rotatable bonds is 4. The molecule has 2 N–H and O–H groups in total. The van der Waals surface area contributed by atoms with E-state index in [1.165, 1.54) is 32.1 Å². The highest BCUT2D eigenvalue weighted by Crippen LogP contribution is 2.72. The molecule has 0 aromatic heterocycles. The minimum absolute atomic E-state index is 0.176. The standard InChI is InChI=1S/C27H45F3O2/c1-17(6-9-22(31)27(28,29)30)19-7-8-20-18-10-12-23(2)16-24(3,32)14-15-26(23,5)21(18)11-13-25(19,20)4/h17-22,31-32H,6-16H2,1-5H3/t17-,18+,19-,20+,21+,22-,23+,24+,25-,26?/m1/s1. The number of hydrogen-bond acceptors (Lipinski definition) is 2. The molecule has 32 heavy (non-hydrogen) atoms. The van der Waals surface area contributed by atoms with Gasteiger partial charge in [0.25, 0.3) is 0 Å². The molecule has 0 aromatic rings. The van der Waals surface area contributed by atoms with Gasteiger partial charge in [-0.1, -0.05) is 27.7 Å². The smallest absolute Gasteiger partial charge is 0.390 e. The van der Waals surface area contributed by atoms with E-state index >= 15 is 0 Å². The number of alkyl halides is 3. The molecule has 0 amide bonds. The van der Waals surface area contributed by atoms with Gasteiger partial charge in [-0.15, -0.1) is 0 Å². The lowest BCUT2D eigenvalue weighted by molar-refractivity contribution is -0.207. The van der Waals surface area contributed by atoms with Crippen molar-refractivity contribution in [2.75, 3.05) is 0 Å². The van der Waals surface area contributed by atoms with Crippen molar-refractivity contribution in [1.29, 1.82) is 0 Å². The lowest BCUT2D eigenvalue weighted by Crippen LogP contribution is -2.60. The van der Waals surface area contributed by atoms with E-state index in [-0.39, 0.29) is 28.6 Å². The second-order valence-electron chi connectivity index (χ2n) is 13.4. The second kappa shape index (κ2) is 7.86. The van der Waals surface area contributed by atoms with Gasteiger partial charge in [-0.25, -0.2) is 0 Å². The fraction of sp³-hybridized carbons (Fsp3) is 1.00. The first-order chi connectivity index (χ1) is 14.6. The van der Waals surface area contributed by atoms with Crippen LogP contribution < -0.4 is 0 Å². The van der Waals surface area contributed by atoms with Gasteiger partial charge in [-0.3, -0.25) is 0 Å². The molecule has 10 atom stereocenters. The highest BCUT2D eigenvalue weighted by molar-refractivity contribution is 5.13. The van der Waals surface area contributed by atoms with Gasteiger partial charge in [0.1, 0.15) is 6.10 Å². The van der Waals surface area contributed by atoms with E-state index in [0.717, 1.165) is 25.7 Å². The van der Waals surface area contributed by atoms with Crippen molar-refractivity contribution < 1.29 is 23.4 Å². The molecular formula is C27H45F3O2. The zero-order valence-electron chi connectivity index (χ0n) is 20.8. The van der Waals surface area contributed by atoms with Crippen molar-refractivity contribution in [2.45, 2.75) is 123 Å². The SMILES string of the molecule is C[C@H](CC[C@@H](O)C(F)(F)F)[C@H]1CC[C@H]2[C@@H]3CC[C@@]4(C)C[C@@](C)(O)CCC4(C)[C@H]3CC[C@]12C. The fourth-order valence-electron chi connectivity index (χ4n) is 9.70. The molecule has 4 aliphatic carbocycles. The van der Waals surface area contributed by atoms with E-state index in [4.69, 9.17) is 0 Å². The summed E-state index contributed by atoms with van der Waals surface area (Å²) in [4.78, 5) is 0. The lowest BCUT2D eigenvalue weighted by atomic mass is 9.39. The highest BCUT2D eigenvalue weighted by Gasteiger charge is 2.64. The predicted molar refractivity (Wildman–Crippen MR) is 121 cm³/mol. The number of aliphatic hydroxyl groups is 2. The first-order valence-electron chi connectivity index (χ1n) is 13.1. The van der Waals surface area contributed by atoms with Crippen LogP contribution in [0.2, 0.25) is 0 Å². The predicted octanol–water partition coefficient (Wildman–Crippen LogP) is 7.13. The Labute approximate surface area is 192 Å². The van der Waals surface area contributed by atoms with Gasteiger partial charge in [0, 0.05) is 0 Å². The largest absolute Gasteiger partial charge is 0.414 e. The Morgan fingerprint density at radius 2 is 1.56 bits per heavy atom. The van der Waals surface area contributed by atoms with E-state index in [1.54, 1.807) is 0 Å². The molecule has 1 unspecified atom stereocenters. The molecule has 0 spiro atoms. The van der Waals surface area contributed by atoms with Crippen LogP contribution in [0, 0.1) is 45.8 Å². The number of halogens is 3. The van der Waals surface area contributed by atoms with E-state index in [0.29, 0.717) is 30.1 Å². The van der Waals surface area contributed by atoms with Crippen LogP contribution in [0.5, 0.6) is 0 Å². The van der Waals surface area contributed by atoms with Gasteiger partial charge in [0.15, 0.2) is 0 Å². The molecule has 4 aliphatic rings. The zero-order valence-corrected chi connectivity index (χ0v) is 20.8. The average molecular weight is 459 g/mol. The number of hydrogen-bond donors (Lipinski definition) is 2. The minimum Gasteiger partial charge on any atom is -0.390 e. The summed E-state index contributed by atoms with van der Waals surface area (Å²) in [5.74, 6) is 2.77. The van der Waals surface area contributed by atoms with Crippen LogP contribution in [0.4, 0.5) is 13.2 Å². The van der Waals surface area contributed by atoms with Crippen molar-refractivity contribution in [3.05, 3.63) is 0 Å². The molecule has 0 aromatic carbocycles. The average Bonchev–Trinajstić information content (AvgIpc) is 3.03. The minimum atomic E-state index is -4.51. The molecule has 0 bridgehead atoms. The van der Waals surface area contributed by atoms with Crippen molar-refractivity contribution in [3.8, 4) is 0 Å². The van der Waals surface area contributed by atoms with Crippen LogP contribution in [0.25, 0.3) is 0 Å². The van der Waals surface area contributed by atoms with Gasteiger partial charge in [-0.2, -0.15) is 13.2 Å². The van der Waals surface area contributed by atoms with Gasteiger partial charge in [-0.05, 0) is 123 Å². The molecule has 4 fully saturated rings. The van der Waals surface area contributed by atoms with Gasteiger partial charge < -0.3 is 10.2 Å². The Bertz CT molecular complexity index is 706. The summed E-state index contributed by atoms with van der Waals surface area (Å²) in [6.45, 7) is 11.5. The maximum absolute atomic E-state index is 12.8. The Morgan fingerprint density at radius 3 is 2.22 bits per heavy atom. The van der Waals surface area contributed by atoms with Crippen LogP contribution in [-0.2, 0) is 0 Å². The Hall–Kier alpha value is -0.290. The maximum atomic E-state index is 12.8. The summed E-state index contributed by atoms with van der Waals surface area (Å²) in [5, 5.41) is 20.3. The Morgan fingerprint density at radius 1 is 0.875 bits per heavy atom. The van der Waals surface area contributed by atoms with Crippen LogP contribution >= 0.6 is 0 Å². The maximum Gasteiger partial charge on any atom is 0.414 e. The molecule has 4 saturated carbocycles. The van der Waals surface area contributed by atoms with Crippen LogP contribution in [-0.4, -0.2) is 28.1 Å². The first kappa shape index (κ1) is 24.8. The molecule has 4 rings (SSSR count). The van der Waals surface area contributed by atoms with Crippen LogP contribution in [0.1, 0.15) is 105 Å². The van der Waals surface area contributed by atoms with Crippen molar-refractivity contribution >= 4 is 0 Å². The van der Waals surface area contributed by atoms with Gasteiger partial charge in [0.05, 0.1) is 5.60 Å². The molecule has 0 heterocycles. The monoisotopic (exact) mass is 458 g/mol. The van der Waals surface area contributed by atoms with Crippen molar-refractivity contribution in [1.82, 2.24) is 0 Å². The Kier molecular flexibility index (Phi) is 6.10. The quantitative estimate of drug-likeness (QED) is 0.471. The summed E-state index contributed by atoms with van der Waals surface area (Å²) < 4.78 is 38.4. The summed E-state index contributed by atoms with van der Waals surface area (Å²) in [6, 6.07) is 0.